The number of nitrogens with one attached hydrogen (secondary N) is 2. The van der Waals surface area contributed by atoms with Crippen LogP contribution in [0.4, 0.5) is 0 Å². The van der Waals surface area contributed by atoms with Crippen LogP contribution in [0.2, 0.25) is 10.0 Å². The van der Waals surface area contributed by atoms with Gasteiger partial charge in [-0.05, 0) is 61.4 Å². The van der Waals surface area contributed by atoms with E-state index in [1.165, 1.54) is 11.1 Å². The zero-order valence-corrected chi connectivity index (χ0v) is 29.3. The van der Waals surface area contributed by atoms with E-state index in [0.717, 1.165) is 78.9 Å². The van der Waals surface area contributed by atoms with Gasteiger partial charge in [-0.3, -0.25) is 14.7 Å². The van der Waals surface area contributed by atoms with E-state index >= 15 is 0 Å². The van der Waals surface area contributed by atoms with Gasteiger partial charge in [0.2, 0.25) is 11.8 Å². The van der Waals surface area contributed by atoms with E-state index in [4.69, 9.17) is 42.6 Å². The van der Waals surface area contributed by atoms with Crippen molar-refractivity contribution in [2.75, 3.05) is 33.9 Å². The zero-order valence-electron chi connectivity index (χ0n) is 27.8. The Kier molecular flexibility index (Phi) is 10.1. The molecule has 7 rings (SSSR count). The summed E-state index contributed by atoms with van der Waals surface area (Å²) in [6, 6.07) is 16.0. The molecule has 1 saturated carbocycles. The number of aromatic nitrogens is 2. The minimum absolute atomic E-state index is 0.104. The minimum Gasteiger partial charge on any atom is -0.496 e. The molecule has 2 fully saturated rings. The molecule has 0 unspecified atom stereocenters. The number of carbonyl (C=O) groups excluding carboxylic acids is 1. The van der Waals surface area contributed by atoms with Crippen molar-refractivity contribution < 1.29 is 19.4 Å². The van der Waals surface area contributed by atoms with Gasteiger partial charge in [0.05, 0.1) is 41.8 Å². The molecule has 2 aromatic heterocycles. The topological polar surface area (TPSA) is 109 Å². The summed E-state index contributed by atoms with van der Waals surface area (Å²) in [6.45, 7) is 4.03. The van der Waals surface area contributed by atoms with Gasteiger partial charge in [-0.1, -0.05) is 47.5 Å². The lowest BCUT2D eigenvalue weighted by Crippen LogP contribution is -2.40. The van der Waals surface area contributed by atoms with Crippen molar-refractivity contribution >= 4 is 29.1 Å². The Bertz CT molecular complexity index is 1850. The first kappa shape index (κ1) is 33.8. The van der Waals surface area contributed by atoms with Gasteiger partial charge in [0.1, 0.15) is 5.75 Å². The molecule has 4 heterocycles. The minimum atomic E-state index is -0.135. The highest BCUT2D eigenvalue weighted by molar-refractivity contribution is 6.39. The van der Waals surface area contributed by atoms with E-state index in [9.17, 15) is 9.90 Å². The number of rotatable bonds is 11. The fourth-order valence-corrected chi connectivity index (χ4v) is 7.96. The number of halogens is 2. The monoisotopic (exact) mass is 701 g/mol. The van der Waals surface area contributed by atoms with Gasteiger partial charge >= 0.3 is 0 Å². The SMILES string of the molecule is COc1cc(-c2nccc(-c3cccc(-c4ccc(CNC[C@H]5CCC(=O)N5)c(OC)n4)c3Cl)c2Cl)cc2c1CN(C[C@H]1C[C@H](O)C1)CC2. The van der Waals surface area contributed by atoms with E-state index in [1.54, 1.807) is 20.4 Å². The number of amides is 1. The molecular weight excluding hydrogens is 661 g/mol. The third-order valence-corrected chi connectivity index (χ3v) is 10.8. The first-order valence-corrected chi connectivity index (χ1v) is 17.6. The average Bonchev–Trinajstić information content (AvgIpc) is 3.52. The van der Waals surface area contributed by atoms with Gasteiger partial charge in [0.15, 0.2) is 0 Å². The van der Waals surface area contributed by atoms with Gasteiger partial charge in [0.25, 0.3) is 0 Å². The van der Waals surface area contributed by atoms with Crippen LogP contribution in [0.3, 0.4) is 0 Å². The number of pyridine rings is 2. The number of benzene rings is 2. The summed E-state index contributed by atoms with van der Waals surface area (Å²) in [5, 5.41) is 17.1. The van der Waals surface area contributed by atoms with Crippen molar-refractivity contribution in [3.63, 3.8) is 0 Å². The predicted molar refractivity (Wildman–Crippen MR) is 192 cm³/mol. The zero-order chi connectivity index (χ0) is 34.1. The van der Waals surface area contributed by atoms with E-state index in [-0.39, 0.29) is 18.1 Å². The molecule has 1 aliphatic carbocycles. The highest BCUT2D eigenvalue weighted by Gasteiger charge is 2.31. The lowest BCUT2D eigenvalue weighted by Gasteiger charge is -2.38. The molecule has 0 spiro atoms. The Morgan fingerprint density at radius 3 is 2.59 bits per heavy atom. The number of ether oxygens (including phenoxy) is 2. The molecule has 256 valence electrons. The summed E-state index contributed by atoms with van der Waals surface area (Å²) >= 11 is 14.3. The number of nitrogens with zero attached hydrogens (tertiary/aromatic N) is 3. The van der Waals surface area contributed by atoms with E-state index in [1.807, 2.05) is 42.5 Å². The molecule has 2 aromatic carbocycles. The van der Waals surface area contributed by atoms with Crippen LogP contribution in [0, 0.1) is 5.92 Å². The summed E-state index contributed by atoms with van der Waals surface area (Å²) in [6.07, 6.45) is 5.74. The van der Waals surface area contributed by atoms with Gasteiger partial charge in [-0.25, -0.2) is 4.98 Å². The molecule has 9 nitrogen and oxygen atoms in total. The van der Waals surface area contributed by atoms with Crippen molar-refractivity contribution in [2.45, 2.75) is 57.3 Å². The lowest BCUT2D eigenvalue weighted by molar-refractivity contribution is -0.119. The maximum atomic E-state index is 11.5. The maximum absolute atomic E-state index is 11.5. The molecule has 1 amide bonds. The molecule has 0 bridgehead atoms. The number of carbonyl (C=O) groups is 1. The normalized spacial score (nSPS) is 20.4. The second kappa shape index (κ2) is 14.6. The standard InChI is InChI=1S/C38H41Cl2N5O4/c1-48-33-17-25(16-23-11-13-45(21-31(23)33)20-22-14-27(46)15-22)37-36(40)29(10-12-42-37)28-4-3-5-30(35(28)39)32-8-6-24(38(44-32)49-2)18-41-19-26-7-9-34(47)43-26/h3-6,8,10,12,16-17,22,26-27,41,46H,7,9,11,13-15,18-21H2,1-2H3,(H,43,47)/t22-,26-,27-/m1/s1. The van der Waals surface area contributed by atoms with Gasteiger partial charge in [0, 0.05) is 84.8 Å². The van der Waals surface area contributed by atoms with E-state index in [0.29, 0.717) is 52.7 Å². The highest BCUT2D eigenvalue weighted by Crippen LogP contribution is 2.43. The Balaban J connectivity index is 1.13. The maximum Gasteiger partial charge on any atom is 0.220 e. The van der Waals surface area contributed by atoms with Crippen LogP contribution in [-0.2, 0) is 24.3 Å². The lowest BCUT2D eigenvalue weighted by atomic mass is 9.81. The van der Waals surface area contributed by atoms with Crippen molar-refractivity contribution in [1.29, 1.82) is 0 Å². The third kappa shape index (κ3) is 7.14. The van der Waals surface area contributed by atoms with Crippen LogP contribution in [0.1, 0.15) is 42.4 Å². The molecule has 1 saturated heterocycles. The molecular formula is C38H41Cl2N5O4. The number of hydrogen-bond donors (Lipinski definition) is 3. The van der Waals surface area contributed by atoms with Gasteiger partial charge < -0.3 is 25.2 Å². The van der Waals surface area contributed by atoms with Crippen molar-refractivity contribution in [3.05, 3.63) is 81.5 Å². The predicted octanol–water partition coefficient (Wildman–Crippen LogP) is 6.30. The molecule has 1 atom stereocenters. The van der Waals surface area contributed by atoms with E-state index < -0.39 is 0 Å². The van der Waals surface area contributed by atoms with Crippen LogP contribution in [0.25, 0.3) is 33.6 Å². The molecule has 49 heavy (non-hydrogen) atoms. The summed E-state index contributed by atoms with van der Waals surface area (Å²) in [5.41, 5.74) is 7.92. The molecule has 3 N–H and O–H groups in total. The van der Waals surface area contributed by atoms with Gasteiger partial charge in [-0.2, -0.15) is 0 Å². The Morgan fingerprint density at radius 2 is 1.84 bits per heavy atom. The summed E-state index contributed by atoms with van der Waals surface area (Å²) in [4.78, 5) is 23.5. The smallest absolute Gasteiger partial charge is 0.220 e. The van der Waals surface area contributed by atoms with Crippen molar-refractivity contribution in [3.8, 4) is 45.3 Å². The first-order valence-electron chi connectivity index (χ1n) is 16.9. The summed E-state index contributed by atoms with van der Waals surface area (Å²) < 4.78 is 11.6. The molecule has 3 aliphatic rings. The second-order valence-electron chi connectivity index (χ2n) is 13.3. The Labute approximate surface area is 297 Å². The fraction of sp³-hybridized carbons (Fsp3) is 0.395. The van der Waals surface area contributed by atoms with E-state index in [2.05, 4.69) is 21.6 Å². The summed E-state index contributed by atoms with van der Waals surface area (Å²) in [5.74, 6) is 2.01. The van der Waals surface area contributed by atoms with Gasteiger partial charge in [-0.15, -0.1) is 0 Å². The van der Waals surface area contributed by atoms with Crippen molar-refractivity contribution in [2.24, 2.45) is 5.92 Å². The Morgan fingerprint density at radius 1 is 1.02 bits per heavy atom. The number of fused-ring (bicyclic) bond motifs is 1. The fourth-order valence-electron chi connectivity index (χ4n) is 7.31. The molecule has 2 aliphatic heterocycles. The highest BCUT2D eigenvalue weighted by atomic mass is 35.5. The number of methoxy groups -OCH3 is 2. The molecule has 11 heteroatoms. The average molecular weight is 703 g/mol. The number of aliphatic hydroxyl groups excluding tert-OH is 1. The molecule has 4 aromatic rings. The van der Waals surface area contributed by atoms with Crippen LogP contribution in [0.15, 0.2) is 54.7 Å². The first-order chi connectivity index (χ1) is 23.8. The quantitative estimate of drug-likeness (QED) is 0.167. The Hall–Kier alpha value is -3.73. The van der Waals surface area contributed by atoms with Crippen LogP contribution >= 0.6 is 23.2 Å². The number of hydrogen-bond acceptors (Lipinski definition) is 8. The van der Waals surface area contributed by atoms with Crippen molar-refractivity contribution in [1.82, 2.24) is 25.5 Å². The van der Waals surface area contributed by atoms with Crippen LogP contribution in [0.5, 0.6) is 11.6 Å². The largest absolute Gasteiger partial charge is 0.496 e. The van der Waals surface area contributed by atoms with Crippen LogP contribution < -0.4 is 20.1 Å². The second-order valence-corrected chi connectivity index (χ2v) is 14.0. The number of aliphatic hydroxyl groups is 1. The summed E-state index contributed by atoms with van der Waals surface area (Å²) in [7, 11) is 3.32. The third-order valence-electron chi connectivity index (χ3n) is 9.98. The molecule has 0 radical (unpaired) electrons. The van der Waals surface area contributed by atoms with Crippen LogP contribution in [-0.4, -0.2) is 71.9 Å².